The smallest absolute Gasteiger partial charge is 0.270 e. The van der Waals surface area contributed by atoms with Gasteiger partial charge in [0.15, 0.2) is 0 Å². The number of nitrogens with one attached hydrogen (secondary N) is 1. The van der Waals surface area contributed by atoms with Crippen molar-refractivity contribution in [2.24, 2.45) is 0 Å². The van der Waals surface area contributed by atoms with Gasteiger partial charge < -0.3 is 10.4 Å². The van der Waals surface area contributed by atoms with Crippen molar-refractivity contribution in [2.45, 2.75) is 6.10 Å². The molecule has 5 nitrogen and oxygen atoms in total. The molecule has 1 unspecified atom stereocenters. The van der Waals surface area contributed by atoms with Crippen molar-refractivity contribution in [2.75, 3.05) is 7.05 Å². The number of aliphatic hydroxyl groups excluding tert-OH is 1. The first-order valence-corrected chi connectivity index (χ1v) is 6.77. The predicted octanol–water partition coefficient (Wildman–Crippen LogP) is 1.74. The zero-order valence-corrected chi connectivity index (χ0v) is 11.8. The molecule has 0 aliphatic heterocycles. The molecule has 0 saturated carbocycles. The number of amides is 1. The fraction of sp³-hybridized carbons (Fsp3) is 0.182. The average Bonchev–Trinajstić information content (AvgIpc) is 2.86. The Morgan fingerprint density at radius 1 is 1.50 bits per heavy atom. The molecule has 94 valence electrons. The molecule has 0 aliphatic rings. The lowest BCUT2D eigenvalue weighted by molar-refractivity contribution is 0.0958. The quantitative estimate of drug-likeness (QED) is 0.842. The summed E-state index contributed by atoms with van der Waals surface area (Å²) >= 11 is 4.46. The number of nitrogens with zero attached hydrogens (tertiary/aromatic N) is 2. The van der Waals surface area contributed by atoms with Gasteiger partial charge in [0.1, 0.15) is 21.4 Å². The third-order valence-electron chi connectivity index (χ3n) is 2.23. The van der Waals surface area contributed by atoms with Gasteiger partial charge in [0.05, 0.1) is 5.69 Å². The van der Waals surface area contributed by atoms with Crippen molar-refractivity contribution in [1.29, 1.82) is 0 Å². The van der Waals surface area contributed by atoms with E-state index in [0.29, 0.717) is 21.0 Å². The molecule has 2 aromatic heterocycles. The van der Waals surface area contributed by atoms with E-state index < -0.39 is 6.10 Å². The average molecular weight is 328 g/mol. The second kappa shape index (κ2) is 5.55. The van der Waals surface area contributed by atoms with E-state index in [4.69, 9.17) is 0 Å². The summed E-state index contributed by atoms with van der Waals surface area (Å²) in [6.45, 7) is 0. The molecule has 7 heteroatoms. The van der Waals surface area contributed by atoms with E-state index in [1.165, 1.54) is 18.4 Å². The molecule has 0 aromatic carbocycles. The molecule has 1 atom stereocenters. The highest BCUT2D eigenvalue weighted by atomic mass is 79.9. The van der Waals surface area contributed by atoms with Gasteiger partial charge in [-0.15, -0.1) is 11.3 Å². The first-order valence-electron chi connectivity index (χ1n) is 5.10. The molecule has 18 heavy (non-hydrogen) atoms. The number of hydrogen-bond donors (Lipinski definition) is 2. The SMILES string of the molecule is CNC(=O)c1csc(C(O)c2cccc(Br)n2)n1. The highest BCUT2D eigenvalue weighted by Crippen LogP contribution is 2.24. The van der Waals surface area contributed by atoms with Crippen molar-refractivity contribution < 1.29 is 9.90 Å². The van der Waals surface area contributed by atoms with E-state index >= 15 is 0 Å². The molecule has 0 radical (unpaired) electrons. The van der Waals surface area contributed by atoms with Crippen LogP contribution in [0.2, 0.25) is 0 Å². The standard InChI is InChI=1S/C11H10BrN3O2S/c1-13-10(17)7-5-18-11(15-7)9(16)6-3-2-4-8(12)14-6/h2-5,9,16H,1H3,(H,13,17). The number of thiazole rings is 1. The monoisotopic (exact) mass is 327 g/mol. The van der Waals surface area contributed by atoms with Crippen molar-refractivity contribution >= 4 is 33.2 Å². The Labute approximate surface area is 116 Å². The van der Waals surface area contributed by atoms with Crippen molar-refractivity contribution in [1.82, 2.24) is 15.3 Å². The van der Waals surface area contributed by atoms with Crippen LogP contribution in [0.5, 0.6) is 0 Å². The van der Waals surface area contributed by atoms with Gasteiger partial charge in [0.2, 0.25) is 0 Å². The van der Waals surface area contributed by atoms with Crippen LogP contribution >= 0.6 is 27.3 Å². The van der Waals surface area contributed by atoms with Crippen LogP contribution in [0.4, 0.5) is 0 Å². The normalized spacial score (nSPS) is 12.2. The highest BCUT2D eigenvalue weighted by Gasteiger charge is 2.18. The van der Waals surface area contributed by atoms with Crippen LogP contribution in [-0.2, 0) is 0 Å². The molecule has 0 spiro atoms. The third kappa shape index (κ3) is 2.74. The van der Waals surface area contributed by atoms with Crippen molar-refractivity contribution in [3.8, 4) is 0 Å². The van der Waals surface area contributed by atoms with Gasteiger partial charge in [-0.2, -0.15) is 0 Å². The van der Waals surface area contributed by atoms with Crippen LogP contribution in [0, 0.1) is 0 Å². The molecule has 2 rings (SSSR count). The second-order valence-corrected chi connectivity index (χ2v) is 5.14. The largest absolute Gasteiger partial charge is 0.380 e. The molecule has 0 aliphatic carbocycles. The lowest BCUT2D eigenvalue weighted by Crippen LogP contribution is -2.18. The number of carbonyl (C=O) groups excluding carboxylic acids is 1. The second-order valence-electron chi connectivity index (χ2n) is 3.44. The van der Waals surface area contributed by atoms with Gasteiger partial charge in [0, 0.05) is 12.4 Å². The summed E-state index contributed by atoms with van der Waals surface area (Å²) in [6.07, 6.45) is -0.925. The van der Waals surface area contributed by atoms with Gasteiger partial charge in [-0.25, -0.2) is 9.97 Å². The van der Waals surface area contributed by atoms with Gasteiger partial charge >= 0.3 is 0 Å². The summed E-state index contributed by atoms with van der Waals surface area (Å²) in [4.78, 5) is 19.6. The maximum Gasteiger partial charge on any atom is 0.270 e. The van der Waals surface area contributed by atoms with E-state index in [1.54, 1.807) is 23.6 Å². The first-order chi connectivity index (χ1) is 8.61. The van der Waals surface area contributed by atoms with Gasteiger partial charge in [-0.05, 0) is 28.1 Å². The summed E-state index contributed by atoms with van der Waals surface area (Å²) in [6, 6.07) is 5.26. The summed E-state index contributed by atoms with van der Waals surface area (Å²) < 4.78 is 0.641. The van der Waals surface area contributed by atoms with Gasteiger partial charge in [-0.3, -0.25) is 4.79 Å². The van der Waals surface area contributed by atoms with Crippen molar-refractivity contribution in [3.63, 3.8) is 0 Å². The molecule has 1 amide bonds. The molecular formula is C11H10BrN3O2S. The maximum absolute atomic E-state index is 11.4. The zero-order chi connectivity index (χ0) is 13.1. The molecule has 0 fully saturated rings. The summed E-state index contributed by atoms with van der Waals surface area (Å²) in [7, 11) is 1.54. The van der Waals surface area contributed by atoms with E-state index in [0.717, 1.165) is 0 Å². The minimum atomic E-state index is -0.925. The Morgan fingerprint density at radius 3 is 2.94 bits per heavy atom. The number of halogens is 1. The number of hydrogen-bond acceptors (Lipinski definition) is 5. The number of carbonyl (C=O) groups is 1. The maximum atomic E-state index is 11.4. The van der Waals surface area contributed by atoms with E-state index in [9.17, 15) is 9.90 Å². The van der Waals surface area contributed by atoms with Crippen LogP contribution in [0.25, 0.3) is 0 Å². The van der Waals surface area contributed by atoms with Crippen LogP contribution in [0.3, 0.4) is 0 Å². The Balaban J connectivity index is 2.26. The Bertz CT molecular complexity index is 573. The van der Waals surface area contributed by atoms with Gasteiger partial charge in [-0.1, -0.05) is 6.07 Å². The minimum Gasteiger partial charge on any atom is -0.380 e. The Morgan fingerprint density at radius 2 is 2.28 bits per heavy atom. The molecular weight excluding hydrogens is 318 g/mol. The summed E-state index contributed by atoms with van der Waals surface area (Å²) in [5, 5.41) is 14.7. The summed E-state index contributed by atoms with van der Waals surface area (Å²) in [5.74, 6) is -0.271. The van der Waals surface area contributed by atoms with Crippen LogP contribution in [0.15, 0.2) is 28.2 Å². The third-order valence-corrected chi connectivity index (χ3v) is 3.57. The predicted molar refractivity (Wildman–Crippen MR) is 71.5 cm³/mol. The van der Waals surface area contributed by atoms with Crippen LogP contribution < -0.4 is 5.32 Å². The number of rotatable bonds is 3. The topological polar surface area (TPSA) is 75.1 Å². The first kappa shape index (κ1) is 13.1. The fourth-order valence-corrected chi connectivity index (χ4v) is 2.50. The summed E-state index contributed by atoms with van der Waals surface area (Å²) in [5.41, 5.74) is 0.786. The van der Waals surface area contributed by atoms with E-state index in [-0.39, 0.29) is 5.91 Å². The molecule has 0 bridgehead atoms. The number of aliphatic hydroxyl groups is 1. The Hall–Kier alpha value is -1.31. The minimum absolute atomic E-state index is 0.271. The lowest BCUT2D eigenvalue weighted by Gasteiger charge is -2.06. The zero-order valence-electron chi connectivity index (χ0n) is 9.42. The lowest BCUT2D eigenvalue weighted by atomic mass is 10.2. The fourth-order valence-electron chi connectivity index (χ4n) is 1.35. The molecule has 2 aromatic rings. The van der Waals surface area contributed by atoms with Crippen molar-refractivity contribution in [3.05, 3.63) is 44.6 Å². The molecule has 2 N–H and O–H groups in total. The molecule has 2 heterocycles. The number of pyridine rings is 1. The van der Waals surface area contributed by atoms with Crippen LogP contribution in [0.1, 0.15) is 27.3 Å². The van der Waals surface area contributed by atoms with E-state index in [2.05, 4.69) is 31.2 Å². The molecule has 0 saturated heterocycles. The van der Waals surface area contributed by atoms with Crippen LogP contribution in [-0.4, -0.2) is 28.0 Å². The Kier molecular flexibility index (Phi) is 4.05. The van der Waals surface area contributed by atoms with E-state index in [1.807, 2.05) is 0 Å². The number of aromatic nitrogens is 2. The van der Waals surface area contributed by atoms with Gasteiger partial charge in [0.25, 0.3) is 5.91 Å². The highest BCUT2D eigenvalue weighted by molar-refractivity contribution is 9.10.